The Balaban J connectivity index is 3.24. The van der Waals surface area contributed by atoms with E-state index in [4.69, 9.17) is 22.6 Å². The lowest BCUT2D eigenvalue weighted by Crippen LogP contribution is -2.63. The first-order chi connectivity index (χ1) is 23.6. The van der Waals surface area contributed by atoms with E-state index in [2.05, 4.69) is 57.2 Å². The van der Waals surface area contributed by atoms with Gasteiger partial charge in [-0.25, -0.2) is 4.79 Å². The zero-order valence-corrected chi connectivity index (χ0v) is 30.2. The Bertz CT molecular complexity index is 1310. The minimum atomic E-state index is -1.64. The zero-order valence-electron chi connectivity index (χ0n) is 28.4. The number of guanidine groups is 1. The Labute approximate surface area is 303 Å². The van der Waals surface area contributed by atoms with Crippen LogP contribution < -0.4 is 49.1 Å². The Morgan fingerprint density at radius 1 is 0.800 bits per heavy atom. The number of benzene rings is 1. The summed E-state index contributed by atoms with van der Waals surface area (Å²) in [5.74, 6) is -5.29. The number of unbranched alkanes of at least 4 members (excludes halogenated alkanes) is 1. The number of hydrogen-bond donors (Lipinski definition) is 13. The largest absolute Gasteiger partial charge is 0.480 e. The Hall–Kier alpha value is -4.07. The lowest BCUT2D eigenvalue weighted by Gasteiger charge is -2.31. The van der Waals surface area contributed by atoms with Gasteiger partial charge in [0, 0.05) is 24.5 Å². The maximum Gasteiger partial charge on any atom is 0.327 e. The molecule has 19 heteroatoms. The van der Waals surface area contributed by atoms with Gasteiger partial charge in [0.2, 0.25) is 29.5 Å². The molecule has 0 aliphatic heterocycles. The molecule has 1 rings (SSSR count). The molecule has 0 aromatic heterocycles. The van der Waals surface area contributed by atoms with Gasteiger partial charge in [-0.05, 0) is 58.1 Å². The highest BCUT2D eigenvalue weighted by molar-refractivity contribution is 7.80. The highest BCUT2D eigenvalue weighted by atomic mass is 32.1. The van der Waals surface area contributed by atoms with Crippen LogP contribution in [0, 0.1) is 5.41 Å². The molecular formula is C31H52N10O7S2. The first-order valence-corrected chi connectivity index (χ1v) is 17.4. The molecule has 0 bridgehead atoms. The Kier molecular flexibility index (Phi) is 19.9. The van der Waals surface area contributed by atoms with Crippen LogP contribution in [0.3, 0.4) is 0 Å². The van der Waals surface area contributed by atoms with Crippen molar-refractivity contribution in [3.05, 3.63) is 35.9 Å². The minimum Gasteiger partial charge on any atom is -0.480 e. The Morgan fingerprint density at radius 2 is 1.36 bits per heavy atom. The van der Waals surface area contributed by atoms with E-state index in [-0.39, 0.29) is 49.7 Å². The summed E-state index contributed by atoms with van der Waals surface area (Å²) in [6, 6.07) is 2.97. The van der Waals surface area contributed by atoms with E-state index in [0.29, 0.717) is 24.9 Å². The van der Waals surface area contributed by atoms with Crippen LogP contribution in [0.4, 0.5) is 0 Å². The van der Waals surface area contributed by atoms with Crippen molar-refractivity contribution in [2.75, 3.05) is 24.6 Å². The van der Waals surface area contributed by atoms with Crippen LogP contribution in [0.25, 0.3) is 0 Å². The minimum absolute atomic E-state index is 0.0112. The van der Waals surface area contributed by atoms with Crippen LogP contribution in [-0.4, -0.2) is 107 Å². The number of amides is 5. The fourth-order valence-corrected chi connectivity index (χ4v) is 4.91. The van der Waals surface area contributed by atoms with E-state index in [9.17, 15) is 33.9 Å². The molecule has 50 heavy (non-hydrogen) atoms. The van der Waals surface area contributed by atoms with Crippen molar-refractivity contribution in [1.82, 2.24) is 31.9 Å². The standard InChI is InChI=1S/C31H52N10O7S2/c1-31(2,29(48)40-22(15-18-9-4-3-5-10-18)26(44)39-23(17-50)28(46)47)41-27(45)21(12-8-14-36-30(34)35)38-25(43)20(11-6-7-13-32)37-24(42)19(33)16-49/h3-5,9-10,19-23,49-50H,6-8,11-17,32-33H2,1-2H3,(H,37,42)(H,38,43)(H,39,44)(H,40,48)(H,41,45)(H,46,47)(H4,34,35,36)/t19-,20-,21-,22-,23-/m0/s1. The van der Waals surface area contributed by atoms with Gasteiger partial charge in [0.05, 0.1) is 6.04 Å². The summed E-state index contributed by atoms with van der Waals surface area (Å²) in [6.45, 7) is 3.37. The molecule has 0 heterocycles. The van der Waals surface area contributed by atoms with Gasteiger partial charge in [-0.3, -0.25) is 29.4 Å². The summed E-state index contributed by atoms with van der Waals surface area (Å²) in [4.78, 5) is 78.0. The third-order valence-corrected chi connectivity index (χ3v) is 8.19. The van der Waals surface area contributed by atoms with E-state index < -0.39 is 71.3 Å². The molecule has 0 spiro atoms. The fraction of sp³-hybridized carbons (Fsp3) is 0.581. The summed E-state index contributed by atoms with van der Waals surface area (Å²) >= 11 is 8.01. The normalized spacial score (nSPS) is 14.1. The van der Waals surface area contributed by atoms with Crippen molar-refractivity contribution < 1.29 is 33.9 Å². The molecule has 0 saturated heterocycles. The van der Waals surface area contributed by atoms with Crippen LogP contribution in [0.5, 0.6) is 0 Å². The average Bonchev–Trinajstić information content (AvgIpc) is 3.06. The molecular weight excluding hydrogens is 689 g/mol. The highest BCUT2D eigenvalue weighted by Crippen LogP contribution is 2.11. The summed E-state index contributed by atoms with van der Waals surface area (Å²) in [6.07, 6.45) is 1.62. The molecule has 0 saturated carbocycles. The second-order valence-electron chi connectivity index (χ2n) is 12.1. The SMILES string of the molecule is CC(C)(NC(=O)[C@H](CCCNC(=N)N)NC(=O)[C@H](CCCCN)NC(=O)[C@@H](N)CS)C(=O)N[C@@H](Cc1ccccc1)C(=O)N[C@@H](CS)C(=O)O. The van der Waals surface area contributed by atoms with E-state index >= 15 is 0 Å². The molecule has 5 atom stereocenters. The van der Waals surface area contributed by atoms with Crippen LogP contribution in [-0.2, 0) is 35.2 Å². The lowest BCUT2D eigenvalue weighted by molar-refractivity contribution is -0.142. The number of carboxylic acid groups (broad SMARTS) is 1. The van der Waals surface area contributed by atoms with Crippen molar-refractivity contribution in [2.45, 2.75) is 88.1 Å². The third-order valence-electron chi connectivity index (χ3n) is 7.44. The average molecular weight is 741 g/mol. The molecule has 17 nitrogen and oxygen atoms in total. The Morgan fingerprint density at radius 3 is 1.92 bits per heavy atom. The van der Waals surface area contributed by atoms with E-state index in [1.165, 1.54) is 13.8 Å². The maximum absolute atomic E-state index is 13.7. The van der Waals surface area contributed by atoms with Crippen LogP contribution >= 0.6 is 25.3 Å². The number of nitrogens with two attached hydrogens (primary N) is 3. The molecule has 1 aromatic carbocycles. The predicted molar refractivity (Wildman–Crippen MR) is 195 cm³/mol. The van der Waals surface area contributed by atoms with Gasteiger partial charge in [0.25, 0.3) is 0 Å². The summed E-state index contributed by atoms with van der Waals surface area (Å²) in [7, 11) is 0. The van der Waals surface area contributed by atoms with Crippen molar-refractivity contribution in [3.8, 4) is 0 Å². The molecule has 0 aliphatic rings. The van der Waals surface area contributed by atoms with Crippen LogP contribution in [0.1, 0.15) is 51.5 Å². The second kappa shape index (κ2) is 22.6. The molecule has 280 valence electrons. The molecule has 1 aromatic rings. The van der Waals surface area contributed by atoms with Gasteiger partial charge >= 0.3 is 5.97 Å². The first kappa shape index (κ1) is 44.0. The fourth-order valence-electron chi connectivity index (χ4n) is 4.50. The zero-order chi connectivity index (χ0) is 37.9. The quantitative estimate of drug-likeness (QED) is 0.0246. The van der Waals surface area contributed by atoms with Crippen LogP contribution in [0.15, 0.2) is 30.3 Å². The number of nitrogens with one attached hydrogen (secondary N) is 7. The van der Waals surface area contributed by atoms with E-state index in [0.717, 1.165) is 0 Å². The number of rotatable bonds is 23. The smallest absolute Gasteiger partial charge is 0.327 e. The molecule has 0 radical (unpaired) electrons. The summed E-state index contributed by atoms with van der Waals surface area (Å²) < 4.78 is 0. The molecule has 0 aliphatic carbocycles. The number of carbonyl (C=O) groups is 6. The second-order valence-corrected chi connectivity index (χ2v) is 12.8. The predicted octanol–water partition coefficient (Wildman–Crippen LogP) is -2.27. The number of aliphatic carboxylic acids is 1. The van der Waals surface area contributed by atoms with Crippen molar-refractivity contribution in [2.24, 2.45) is 17.2 Å². The van der Waals surface area contributed by atoms with Gasteiger partial charge in [-0.2, -0.15) is 25.3 Å². The van der Waals surface area contributed by atoms with Crippen molar-refractivity contribution in [3.63, 3.8) is 0 Å². The van der Waals surface area contributed by atoms with Gasteiger partial charge in [0.15, 0.2) is 5.96 Å². The number of carboxylic acids is 1. The highest BCUT2D eigenvalue weighted by Gasteiger charge is 2.36. The summed E-state index contributed by atoms with van der Waals surface area (Å²) in [5.41, 5.74) is 15.8. The first-order valence-electron chi connectivity index (χ1n) is 16.1. The number of carbonyl (C=O) groups excluding carboxylic acids is 5. The topological polar surface area (TPSA) is 297 Å². The summed E-state index contributed by atoms with van der Waals surface area (Å²) in [5, 5.41) is 32.3. The van der Waals surface area contributed by atoms with E-state index in [1.54, 1.807) is 30.3 Å². The number of thiol groups is 2. The van der Waals surface area contributed by atoms with Crippen molar-refractivity contribution >= 4 is 66.7 Å². The molecule has 5 amide bonds. The number of hydrogen-bond acceptors (Lipinski definition) is 11. The van der Waals surface area contributed by atoms with Gasteiger partial charge in [0.1, 0.15) is 29.7 Å². The lowest BCUT2D eigenvalue weighted by atomic mass is 9.99. The van der Waals surface area contributed by atoms with Gasteiger partial charge in [-0.15, -0.1) is 0 Å². The van der Waals surface area contributed by atoms with Gasteiger partial charge in [-0.1, -0.05) is 30.3 Å². The molecule has 14 N–H and O–H groups in total. The monoisotopic (exact) mass is 740 g/mol. The molecule has 0 unspecified atom stereocenters. The van der Waals surface area contributed by atoms with Crippen LogP contribution in [0.2, 0.25) is 0 Å². The molecule has 0 fully saturated rings. The van der Waals surface area contributed by atoms with Gasteiger partial charge < -0.3 is 54.2 Å². The van der Waals surface area contributed by atoms with E-state index in [1.807, 2.05) is 0 Å². The maximum atomic E-state index is 13.7. The van der Waals surface area contributed by atoms with Crippen molar-refractivity contribution in [1.29, 1.82) is 5.41 Å². The third kappa shape index (κ3) is 16.1.